The van der Waals surface area contributed by atoms with Gasteiger partial charge in [-0.15, -0.1) is 11.3 Å². The molecule has 0 unspecified atom stereocenters. The molecule has 1 aromatic carbocycles. The maximum atomic E-state index is 11.8. The monoisotopic (exact) mass is 368 g/mol. The van der Waals surface area contributed by atoms with Gasteiger partial charge in [-0.05, 0) is 64.9 Å². The maximum Gasteiger partial charge on any atom is 0.159 e. The first-order valence-corrected chi connectivity index (χ1v) is 9.95. The second-order valence-corrected chi connectivity index (χ2v) is 8.42. The van der Waals surface area contributed by atoms with E-state index in [0.29, 0.717) is 12.1 Å². The Hall–Kier alpha value is -2.05. The first kappa shape index (κ1) is 17.4. The van der Waals surface area contributed by atoms with Gasteiger partial charge in [0.25, 0.3) is 0 Å². The van der Waals surface area contributed by atoms with Gasteiger partial charge in [0.2, 0.25) is 0 Å². The summed E-state index contributed by atoms with van der Waals surface area (Å²) < 4.78 is 1.14. The third kappa shape index (κ3) is 3.19. The quantitative estimate of drug-likeness (QED) is 0.695. The molecule has 6 heteroatoms. The Morgan fingerprint density at radius 1 is 1.19 bits per heavy atom. The van der Waals surface area contributed by atoms with Crippen LogP contribution in [0.1, 0.15) is 43.0 Å². The zero-order valence-corrected chi connectivity index (χ0v) is 16.3. The minimum absolute atomic E-state index is 0.0830. The highest BCUT2D eigenvalue weighted by Crippen LogP contribution is 2.37. The molecule has 0 radical (unpaired) electrons. The predicted molar refractivity (Wildman–Crippen MR) is 108 cm³/mol. The van der Waals surface area contributed by atoms with Gasteiger partial charge < -0.3 is 10.2 Å². The van der Waals surface area contributed by atoms with Crippen molar-refractivity contribution in [1.29, 1.82) is 0 Å². The third-order valence-electron chi connectivity index (χ3n) is 5.44. The Morgan fingerprint density at radius 3 is 2.65 bits per heavy atom. The van der Waals surface area contributed by atoms with Crippen LogP contribution in [0.15, 0.2) is 24.5 Å². The molecule has 26 heavy (non-hydrogen) atoms. The minimum atomic E-state index is 0.0830. The number of anilines is 1. The van der Waals surface area contributed by atoms with Crippen LogP contribution >= 0.6 is 11.3 Å². The van der Waals surface area contributed by atoms with Crippen LogP contribution in [-0.2, 0) is 0 Å². The fourth-order valence-corrected chi connectivity index (χ4v) is 4.89. The fourth-order valence-electron chi connectivity index (χ4n) is 3.87. The minimum Gasteiger partial charge on any atom is -0.367 e. The van der Waals surface area contributed by atoms with Gasteiger partial charge in [0.05, 0.1) is 5.39 Å². The van der Waals surface area contributed by atoms with Crippen molar-refractivity contribution in [3.63, 3.8) is 0 Å². The Kier molecular flexibility index (Phi) is 4.63. The Balaban J connectivity index is 1.68. The zero-order chi connectivity index (χ0) is 18.3. The molecule has 2 heterocycles. The average Bonchev–Trinajstić information content (AvgIpc) is 3.00. The number of fused-ring (bicyclic) bond motifs is 3. The Bertz CT molecular complexity index is 957. The summed E-state index contributed by atoms with van der Waals surface area (Å²) in [6, 6.07) is 7.01. The topological polar surface area (TPSA) is 58.1 Å². The van der Waals surface area contributed by atoms with Gasteiger partial charge in [-0.3, -0.25) is 4.79 Å². The molecule has 4 rings (SSSR count). The summed E-state index contributed by atoms with van der Waals surface area (Å²) in [5, 5.41) is 5.78. The molecule has 1 saturated carbocycles. The molecule has 0 amide bonds. The molecule has 0 spiro atoms. The highest BCUT2D eigenvalue weighted by molar-refractivity contribution is 7.25. The molecule has 1 N–H and O–H groups in total. The van der Waals surface area contributed by atoms with E-state index in [2.05, 4.69) is 34.3 Å². The number of nitrogens with zero attached hydrogens (tertiary/aromatic N) is 3. The SMILES string of the molecule is CC(=O)c1ccc2sc3ncnc(N[C@H]4CC[C@H](N(C)C)CC4)c3c2c1. The van der Waals surface area contributed by atoms with E-state index in [4.69, 9.17) is 0 Å². The lowest BCUT2D eigenvalue weighted by Crippen LogP contribution is -2.36. The summed E-state index contributed by atoms with van der Waals surface area (Å²) in [5.74, 6) is 0.981. The number of rotatable bonds is 4. The normalized spacial score (nSPS) is 20.8. The van der Waals surface area contributed by atoms with Crippen molar-refractivity contribution < 1.29 is 4.79 Å². The van der Waals surface area contributed by atoms with Gasteiger partial charge in [-0.25, -0.2) is 9.97 Å². The lowest BCUT2D eigenvalue weighted by atomic mass is 9.90. The van der Waals surface area contributed by atoms with E-state index in [1.165, 1.54) is 12.8 Å². The van der Waals surface area contributed by atoms with Crippen molar-refractivity contribution >= 4 is 43.2 Å². The lowest BCUT2D eigenvalue weighted by Gasteiger charge is -2.33. The van der Waals surface area contributed by atoms with E-state index in [1.807, 2.05) is 18.2 Å². The molecule has 0 aliphatic heterocycles. The molecule has 1 aliphatic carbocycles. The van der Waals surface area contributed by atoms with Crippen molar-refractivity contribution in [1.82, 2.24) is 14.9 Å². The lowest BCUT2D eigenvalue weighted by molar-refractivity contribution is 0.101. The van der Waals surface area contributed by atoms with Crippen LogP contribution in [0, 0.1) is 0 Å². The number of carbonyl (C=O) groups is 1. The van der Waals surface area contributed by atoms with Gasteiger partial charge >= 0.3 is 0 Å². The molecule has 0 saturated heterocycles. The maximum absolute atomic E-state index is 11.8. The van der Waals surface area contributed by atoms with E-state index in [1.54, 1.807) is 24.6 Å². The Morgan fingerprint density at radius 2 is 1.96 bits per heavy atom. The number of ketones is 1. The summed E-state index contributed by atoms with van der Waals surface area (Å²) in [5.41, 5.74) is 0.735. The third-order valence-corrected chi connectivity index (χ3v) is 6.52. The molecule has 3 aromatic rings. The highest BCUT2D eigenvalue weighted by atomic mass is 32.1. The predicted octanol–water partition coefficient (Wildman–Crippen LogP) is 4.33. The largest absolute Gasteiger partial charge is 0.367 e. The van der Waals surface area contributed by atoms with E-state index in [9.17, 15) is 4.79 Å². The number of hydrogen-bond donors (Lipinski definition) is 1. The van der Waals surface area contributed by atoms with Crippen molar-refractivity contribution in [2.45, 2.75) is 44.7 Å². The highest BCUT2D eigenvalue weighted by Gasteiger charge is 2.23. The molecule has 5 nitrogen and oxygen atoms in total. The second kappa shape index (κ2) is 6.93. The number of benzene rings is 1. The van der Waals surface area contributed by atoms with Crippen LogP contribution in [0.3, 0.4) is 0 Å². The van der Waals surface area contributed by atoms with E-state index >= 15 is 0 Å². The zero-order valence-electron chi connectivity index (χ0n) is 15.5. The summed E-state index contributed by atoms with van der Waals surface area (Å²) in [7, 11) is 4.33. The average molecular weight is 369 g/mol. The van der Waals surface area contributed by atoms with Crippen LogP contribution in [0.2, 0.25) is 0 Å². The number of carbonyl (C=O) groups excluding carboxylic acids is 1. The van der Waals surface area contributed by atoms with Gasteiger partial charge in [0.1, 0.15) is 17.0 Å². The molecule has 0 atom stereocenters. The molecule has 2 aromatic heterocycles. The van der Waals surface area contributed by atoms with Gasteiger partial charge in [0, 0.05) is 27.7 Å². The number of aromatic nitrogens is 2. The van der Waals surface area contributed by atoms with Crippen LogP contribution < -0.4 is 5.32 Å². The summed E-state index contributed by atoms with van der Waals surface area (Å²) in [6.07, 6.45) is 6.34. The standard InChI is InChI=1S/C20H24N4OS/c1-12(25)13-4-9-17-16(10-13)18-19(21-11-22-20(18)26-17)23-14-5-7-15(8-6-14)24(2)3/h4,9-11,14-15H,5-8H2,1-3H3,(H,21,22,23)/t14-,15-. The van der Waals surface area contributed by atoms with Crippen molar-refractivity contribution in [3.8, 4) is 0 Å². The van der Waals surface area contributed by atoms with Gasteiger partial charge in [-0.2, -0.15) is 0 Å². The number of hydrogen-bond acceptors (Lipinski definition) is 6. The van der Waals surface area contributed by atoms with Crippen molar-refractivity contribution in [2.75, 3.05) is 19.4 Å². The van der Waals surface area contributed by atoms with Gasteiger partial charge in [-0.1, -0.05) is 0 Å². The number of Topliss-reactive ketones (excluding diaryl/α,β-unsaturated/α-hetero) is 1. The van der Waals surface area contributed by atoms with E-state index in [-0.39, 0.29) is 5.78 Å². The van der Waals surface area contributed by atoms with Crippen LogP contribution in [0.5, 0.6) is 0 Å². The summed E-state index contributed by atoms with van der Waals surface area (Å²) in [6.45, 7) is 1.61. The van der Waals surface area contributed by atoms with E-state index < -0.39 is 0 Å². The number of thiophene rings is 1. The fraction of sp³-hybridized carbons (Fsp3) is 0.450. The van der Waals surface area contributed by atoms with Crippen LogP contribution in [0.25, 0.3) is 20.3 Å². The molecule has 0 bridgehead atoms. The van der Waals surface area contributed by atoms with Crippen LogP contribution in [0.4, 0.5) is 5.82 Å². The van der Waals surface area contributed by atoms with E-state index in [0.717, 1.165) is 44.5 Å². The first-order chi connectivity index (χ1) is 12.5. The van der Waals surface area contributed by atoms with Crippen LogP contribution in [-0.4, -0.2) is 46.8 Å². The van der Waals surface area contributed by atoms with Crippen molar-refractivity contribution in [3.05, 3.63) is 30.1 Å². The first-order valence-electron chi connectivity index (χ1n) is 9.14. The molecular weight excluding hydrogens is 344 g/mol. The summed E-state index contributed by atoms with van der Waals surface area (Å²) >= 11 is 1.65. The molecule has 1 aliphatic rings. The second-order valence-electron chi connectivity index (χ2n) is 7.39. The Labute approximate surface area is 157 Å². The molecule has 136 valence electrons. The van der Waals surface area contributed by atoms with Crippen molar-refractivity contribution in [2.24, 2.45) is 0 Å². The molecule has 1 fully saturated rings. The van der Waals surface area contributed by atoms with Gasteiger partial charge in [0.15, 0.2) is 5.78 Å². The smallest absolute Gasteiger partial charge is 0.159 e. The summed E-state index contributed by atoms with van der Waals surface area (Å²) in [4.78, 5) is 24.1. The molecular formula is C20H24N4OS. The number of nitrogens with one attached hydrogen (secondary N) is 1.